The van der Waals surface area contributed by atoms with E-state index in [1.54, 1.807) is 0 Å². The lowest BCUT2D eigenvalue weighted by Gasteiger charge is -2.60. The molecule has 20 heavy (non-hydrogen) atoms. The topological polar surface area (TPSA) is 32.3 Å². The van der Waals surface area contributed by atoms with Crippen LogP contribution in [0.4, 0.5) is 0 Å². The van der Waals surface area contributed by atoms with Crippen LogP contribution < -0.4 is 5.32 Å². The van der Waals surface area contributed by atoms with E-state index in [-0.39, 0.29) is 11.1 Å². The molecular formula is C17H22BrNO. The minimum absolute atomic E-state index is 0.200. The first-order valence-corrected chi connectivity index (χ1v) is 8.55. The minimum Gasteiger partial charge on any atom is -0.390 e. The third-order valence-corrected chi connectivity index (χ3v) is 6.14. The summed E-state index contributed by atoms with van der Waals surface area (Å²) in [5.41, 5.74) is 1.17. The molecule has 0 saturated heterocycles. The molecule has 2 N–H and O–H groups in total. The van der Waals surface area contributed by atoms with E-state index < -0.39 is 0 Å². The van der Waals surface area contributed by atoms with Gasteiger partial charge in [-0.25, -0.2) is 0 Å². The van der Waals surface area contributed by atoms with Gasteiger partial charge in [0, 0.05) is 16.6 Å². The SMILES string of the molecule is OC12CC3CC(C1)CC(NCc1ccc(Br)cc1)(C3)C2. The van der Waals surface area contributed by atoms with Gasteiger partial charge in [0.2, 0.25) is 0 Å². The lowest BCUT2D eigenvalue weighted by molar-refractivity contribution is -0.142. The summed E-state index contributed by atoms with van der Waals surface area (Å²) in [6, 6.07) is 8.55. The van der Waals surface area contributed by atoms with Crippen LogP contribution in [0.25, 0.3) is 0 Å². The predicted octanol–water partition coefficient (Wildman–Crippen LogP) is 3.62. The third kappa shape index (κ3) is 2.34. The third-order valence-electron chi connectivity index (χ3n) is 5.61. The Hall–Kier alpha value is -0.380. The molecule has 2 unspecified atom stereocenters. The summed E-state index contributed by atoms with van der Waals surface area (Å²) >= 11 is 3.48. The van der Waals surface area contributed by atoms with Crippen LogP contribution in [0.2, 0.25) is 0 Å². The molecule has 4 saturated carbocycles. The number of aliphatic hydroxyl groups is 1. The Balaban J connectivity index is 1.49. The number of rotatable bonds is 3. The highest BCUT2D eigenvalue weighted by molar-refractivity contribution is 9.10. The molecule has 1 aromatic rings. The highest BCUT2D eigenvalue weighted by Crippen LogP contribution is 2.57. The standard InChI is InChI=1S/C17H22BrNO/c18-15-3-1-12(2-4-15)10-19-16-6-13-5-14(7-16)9-17(20,8-13)11-16/h1-4,13-14,19-20H,5-11H2. The van der Waals surface area contributed by atoms with Gasteiger partial charge in [-0.3, -0.25) is 0 Å². The molecule has 4 bridgehead atoms. The second kappa shape index (κ2) is 4.56. The van der Waals surface area contributed by atoms with E-state index >= 15 is 0 Å². The molecule has 3 heteroatoms. The molecule has 4 aliphatic rings. The molecule has 0 radical (unpaired) electrons. The van der Waals surface area contributed by atoms with Gasteiger partial charge >= 0.3 is 0 Å². The Morgan fingerprint density at radius 3 is 2.35 bits per heavy atom. The van der Waals surface area contributed by atoms with Crippen molar-refractivity contribution in [1.82, 2.24) is 5.32 Å². The van der Waals surface area contributed by atoms with Crippen LogP contribution in [0.1, 0.15) is 44.1 Å². The molecular weight excluding hydrogens is 314 g/mol. The summed E-state index contributed by atoms with van der Waals surface area (Å²) in [4.78, 5) is 0. The van der Waals surface area contributed by atoms with Gasteiger partial charge < -0.3 is 10.4 Å². The molecule has 0 amide bonds. The normalized spacial score (nSPS) is 42.1. The minimum atomic E-state index is -0.364. The Labute approximate surface area is 129 Å². The molecule has 0 aliphatic heterocycles. The van der Waals surface area contributed by atoms with Crippen molar-refractivity contribution in [2.75, 3.05) is 0 Å². The van der Waals surface area contributed by atoms with Crippen LogP contribution in [-0.4, -0.2) is 16.2 Å². The summed E-state index contributed by atoms with van der Waals surface area (Å²) in [6.07, 6.45) is 6.94. The molecule has 4 aliphatic carbocycles. The maximum atomic E-state index is 10.8. The fourth-order valence-electron chi connectivity index (χ4n) is 5.31. The molecule has 2 atom stereocenters. The zero-order valence-electron chi connectivity index (χ0n) is 11.7. The van der Waals surface area contributed by atoms with Crippen molar-refractivity contribution in [3.63, 3.8) is 0 Å². The van der Waals surface area contributed by atoms with Crippen molar-refractivity contribution in [3.8, 4) is 0 Å². The van der Waals surface area contributed by atoms with Gasteiger partial charge in [0.15, 0.2) is 0 Å². The van der Waals surface area contributed by atoms with Gasteiger partial charge in [-0.15, -0.1) is 0 Å². The smallest absolute Gasteiger partial charge is 0.0670 e. The number of hydrogen-bond donors (Lipinski definition) is 2. The summed E-state index contributed by atoms with van der Waals surface area (Å²) < 4.78 is 1.13. The molecule has 5 rings (SSSR count). The van der Waals surface area contributed by atoms with Crippen LogP contribution in [0.5, 0.6) is 0 Å². The number of halogens is 1. The molecule has 0 heterocycles. The first-order chi connectivity index (χ1) is 9.54. The molecule has 0 aromatic heterocycles. The predicted molar refractivity (Wildman–Crippen MR) is 83.3 cm³/mol. The van der Waals surface area contributed by atoms with E-state index in [2.05, 4.69) is 45.5 Å². The van der Waals surface area contributed by atoms with Crippen molar-refractivity contribution in [2.24, 2.45) is 11.8 Å². The van der Waals surface area contributed by atoms with Crippen molar-refractivity contribution < 1.29 is 5.11 Å². The largest absolute Gasteiger partial charge is 0.390 e. The van der Waals surface area contributed by atoms with Crippen molar-refractivity contribution in [2.45, 2.75) is 56.2 Å². The van der Waals surface area contributed by atoms with E-state index in [1.165, 1.54) is 24.8 Å². The number of nitrogens with one attached hydrogen (secondary N) is 1. The average Bonchev–Trinajstić information content (AvgIpc) is 2.35. The van der Waals surface area contributed by atoms with Crippen LogP contribution in [-0.2, 0) is 6.54 Å². The van der Waals surface area contributed by atoms with Gasteiger partial charge in [0.05, 0.1) is 5.60 Å². The highest BCUT2D eigenvalue weighted by atomic mass is 79.9. The molecule has 4 fully saturated rings. The van der Waals surface area contributed by atoms with Crippen molar-refractivity contribution in [3.05, 3.63) is 34.3 Å². The average molecular weight is 336 g/mol. The summed E-state index contributed by atoms with van der Waals surface area (Å²) in [5.74, 6) is 1.50. The Morgan fingerprint density at radius 1 is 1.10 bits per heavy atom. The number of hydrogen-bond acceptors (Lipinski definition) is 2. The molecule has 0 spiro atoms. The van der Waals surface area contributed by atoms with Gasteiger partial charge in [-0.2, -0.15) is 0 Å². The fraction of sp³-hybridized carbons (Fsp3) is 0.647. The van der Waals surface area contributed by atoms with Crippen LogP contribution in [0, 0.1) is 11.8 Å². The van der Waals surface area contributed by atoms with Crippen LogP contribution >= 0.6 is 15.9 Å². The monoisotopic (exact) mass is 335 g/mol. The van der Waals surface area contributed by atoms with E-state index in [0.29, 0.717) is 0 Å². The Bertz CT molecular complexity index is 498. The lowest BCUT2D eigenvalue weighted by atomic mass is 9.51. The second-order valence-corrected chi connectivity index (χ2v) is 8.36. The van der Waals surface area contributed by atoms with E-state index in [4.69, 9.17) is 0 Å². The first-order valence-electron chi connectivity index (χ1n) is 7.76. The molecule has 1 aromatic carbocycles. The van der Waals surface area contributed by atoms with E-state index in [1.807, 2.05) is 0 Å². The Kier molecular flexibility index (Phi) is 3.03. The van der Waals surface area contributed by atoms with Crippen LogP contribution in [0.15, 0.2) is 28.7 Å². The summed E-state index contributed by atoms with van der Waals surface area (Å²) in [6.45, 7) is 0.919. The van der Waals surface area contributed by atoms with Crippen LogP contribution in [0.3, 0.4) is 0 Å². The first kappa shape index (κ1) is 13.3. The zero-order valence-corrected chi connectivity index (χ0v) is 13.3. The fourth-order valence-corrected chi connectivity index (χ4v) is 5.58. The van der Waals surface area contributed by atoms with Crippen molar-refractivity contribution >= 4 is 15.9 Å². The second-order valence-electron chi connectivity index (χ2n) is 7.45. The zero-order chi connectivity index (χ0) is 13.8. The maximum Gasteiger partial charge on any atom is 0.0670 e. The lowest BCUT2D eigenvalue weighted by Crippen LogP contribution is -2.64. The number of benzene rings is 1. The van der Waals surface area contributed by atoms with Gasteiger partial charge in [-0.05, 0) is 68.1 Å². The van der Waals surface area contributed by atoms with Gasteiger partial charge in [-0.1, -0.05) is 28.1 Å². The van der Waals surface area contributed by atoms with E-state index in [9.17, 15) is 5.11 Å². The van der Waals surface area contributed by atoms with Crippen molar-refractivity contribution in [1.29, 1.82) is 0 Å². The molecule has 108 valence electrons. The molecule has 2 nitrogen and oxygen atoms in total. The van der Waals surface area contributed by atoms with Gasteiger partial charge in [0.1, 0.15) is 0 Å². The summed E-state index contributed by atoms with van der Waals surface area (Å²) in [5, 5.41) is 14.6. The van der Waals surface area contributed by atoms with Gasteiger partial charge in [0.25, 0.3) is 0 Å². The quantitative estimate of drug-likeness (QED) is 0.884. The maximum absolute atomic E-state index is 10.8. The highest BCUT2D eigenvalue weighted by Gasteiger charge is 2.56. The summed E-state index contributed by atoms with van der Waals surface area (Å²) in [7, 11) is 0. The Morgan fingerprint density at radius 2 is 1.75 bits per heavy atom. The van der Waals surface area contributed by atoms with E-state index in [0.717, 1.165) is 42.1 Å².